The van der Waals surface area contributed by atoms with E-state index in [9.17, 15) is 22.8 Å². The van der Waals surface area contributed by atoms with Gasteiger partial charge in [0.05, 0.1) is 18.8 Å². The summed E-state index contributed by atoms with van der Waals surface area (Å²) in [5.74, 6) is -1.20. The maximum absolute atomic E-state index is 13.3. The largest absolute Gasteiger partial charge is 0.496 e. The van der Waals surface area contributed by atoms with E-state index >= 15 is 0 Å². The van der Waals surface area contributed by atoms with E-state index < -0.39 is 29.9 Å². The number of aromatic nitrogens is 2. The zero-order chi connectivity index (χ0) is 23.9. The Kier molecular flexibility index (Phi) is 5.90. The normalized spacial score (nSPS) is 17.9. The molecule has 0 spiro atoms. The Morgan fingerprint density at radius 1 is 1.30 bits per heavy atom. The average Bonchev–Trinajstić information content (AvgIpc) is 3.30. The molecule has 1 saturated carbocycles. The smallest absolute Gasteiger partial charge is 0.387 e. The van der Waals surface area contributed by atoms with Crippen molar-refractivity contribution >= 4 is 17.6 Å². The number of alkyl halides is 3. The second-order valence-corrected chi connectivity index (χ2v) is 8.71. The first-order valence-electron chi connectivity index (χ1n) is 10.4. The van der Waals surface area contributed by atoms with Crippen LogP contribution in [-0.2, 0) is 10.2 Å². The Morgan fingerprint density at radius 3 is 2.61 bits per heavy atom. The summed E-state index contributed by atoms with van der Waals surface area (Å²) >= 11 is 0. The van der Waals surface area contributed by atoms with Crippen LogP contribution in [0.4, 0.5) is 13.2 Å². The van der Waals surface area contributed by atoms with Crippen LogP contribution in [0.2, 0.25) is 0 Å². The number of ether oxygens (including phenoxy) is 2. The summed E-state index contributed by atoms with van der Waals surface area (Å²) in [6, 6.07) is 6.45. The molecule has 2 aromatic heterocycles. The van der Waals surface area contributed by atoms with Crippen molar-refractivity contribution in [1.29, 1.82) is 0 Å². The molecule has 33 heavy (non-hydrogen) atoms. The van der Waals surface area contributed by atoms with Crippen molar-refractivity contribution in [2.75, 3.05) is 7.11 Å². The van der Waals surface area contributed by atoms with Crippen LogP contribution in [0.5, 0.6) is 11.5 Å². The molecule has 0 bridgehead atoms. The third-order valence-corrected chi connectivity index (χ3v) is 5.93. The third-order valence-electron chi connectivity index (χ3n) is 5.93. The third kappa shape index (κ3) is 4.44. The first-order chi connectivity index (χ1) is 15.6. The van der Waals surface area contributed by atoms with Crippen LogP contribution in [0.3, 0.4) is 0 Å². The number of carbonyl (C=O) groups excluding carboxylic acids is 2. The molecule has 174 valence electrons. The summed E-state index contributed by atoms with van der Waals surface area (Å²) in [5, 5.41) is 4.33. The van der Waals surface area contributed by atoms with E-state index in [4.69, 9.17) is 4.74 Å². The summed E-state index contributed by atoms with van der Waals surface area (Å²) in [5.41, 5.74) is 1.62. The highest BCUT2D eigenvalue weighted by molar-refractivity contribution is 6.03. The van der Waals surface area contributed by atoms with Crippen molar-refractivity contribution in [1.82, 2.24) is 9.61 Å². The maximum atomic E-state index is 13.3. The summed E-state index contributed by atoms with van der Waals surface area (Å²) in [6.07, 6.45) is 3.24. The number of halogens is 3. The van der Waals surface area contributed by atoms with Crippen LogP contribution in [0.1, 0.15) is 42.6 Å². The number of Topliss-reactive ketones (excluding diaryl/α,β-unsaturated/α-hetero) is 1. The molecule has 0 N–H and O–H groups in total. The van der Waals surface area contributed by atoms with Gasteiger partial charge in [-0.1, -0.05) is 6.07 Å². The van der Waals surface area contributed by atoms with Gasteiger partial charge in [-0.3, -0.25) is 4.79 Å². The number of methoxy groups -OCH3 is 1. The molecule has 1 fully saturated rings. The van der Waals surface area contributed by atoms with Gasteiger partial charge in [0, 0.05) is 29.5 Å². The second kappa shape index (κ2) is 8.53. The maximum Gasteiger partial charge on any atom is 0.387 e. The topological polar surface area (TPSA) is 69.9 Å². The van der Waals surface area contributed by atoms with Gasteiger partial charge in [0.15, 0.2) is 5.78 Å². The van der Waals surface area contributed by atoms with Crippen molar-refractivity contribution in [2.24, 2.45) is 5.92 Å². The lowest BCUT2D eigenvalue weighted by molar-refractivity contribution is -0.111. The lowest BCUT2D eigenvalue weighted by atomic mass is 9.87. The quantitative estimate of drug-likeness (QED) is 0.331. The first kappa shape index (κ1) is 22.8. The zero-order valence-corrected chi connectivity index (χ0v) is 18.3. The first-order valence-corrected chi connectivity index (χ1v) is 10.4. The molecule has 0 saturated heterocycles. The van der Waals surface area contributed by atoms with Crippen molar-refractivity contribution in [3.63, 3.8) is 0 Å². The highest BCUT2D eigenvalue weighted by Crippen LogP contribution is 2.42. The lowest BCUT2D eigenvalue weighted by Gasteiger charge is -2.17. The van der Waals surface area contributed by atoms with Crippen LogP contribution < -0.4 is 9.47 Å². The number of nitrogens with zero attached hydrogens (tertiary/aromatic N) is 2. The van der Waals surface area contributed by atoms with Gasteiger partial charge in [-0.15, -0.1) is 0 Å². The molecule has 2 heterocycles. The Morgan fingerprint density at radius 2 is 2.00 bits per heavy atom. The molecule has 0 amide bonds. The van der Waals surface area contributed by atoms with Gasteiger partial charge >= 0.3 is 6.61 Å². The van der Waals surface area contributed by atoms with Gasteiger partial charge in [0.25, 0.3) is 0 Å². The molecular weight excluding hydrogens is 437 g/mol. The molecule has 3 aromatic rings. The number of benzene rings is 1. The van der Waals surface area contributed by atoms with Gasteiger partial charge in [-0.05, 0) is 49.6 Å². The summed E-state index contributed by atoms with van der Waals surface area (Å²) in [7, 11) is 1.32. The van der Waals surface area contributed by atoms with E-state index in [-0.39, 0.29) is 29.9 Å². The van der Waals surface area contributed by atoms with E-state index in [0.29, 0.717) is 16.6 Å². The van der Waals surface area contributed by atoms with Gasteiger partial charge in [-0.2, -0.15) is 13.9 Å². The standard InChI is InChI=1S/C24H23F3N2O4/c1-24(2,12-30)15-4-5-18-16(10-28-29(18)11-15)13-8-20(32-3)22(21(9-13)33-23(26)27)19(31)7-14-6-17(14)25/h4-5,8-12,14,17,23H,6-7H2,1-3H3/t14-,17-/m0/s1. The van der Waals surface area contributed by atoms with Crippen LogP contribution in [0.25, 0.3) is 16.6 Å². The predicted molar refractivity (Wildman–Crippen MR) is 115 cm³/mol. The van der Waals surface area contributed by atoms with E-state index in [1.54, 1.807) is 49.0 Å². The molecule has 1 aliphatic carbocycles. The molecule has 1 aromatic carbocycles. The fourth-order valence-electron chi connectivity index (χ4n) is 3.79. The number of fused-ring (bicyclic) bond motifs is 1. The van der Waals surface area contributed by atoms with Crippen molar-refractivity contribution < 1.29 is 32.2 Å². The minimum absolute atomic E-state index is 0.0577. The molecule has 4 rings (SSSR count). The van der Waals surface area contributed by atoms with Crippen molar-refractivity contribution in [3.05, 3.63) is 47.8 Å². The van der Waals surface area contributed by atoms with E-state index in [2.05, 4.69) is 9.84 Å². The van der Waals surface area contributed by atoms with E-state index in [1.807, 2.05) is 0 Å². The van der Waals surface area contributed by atoms with Gasteiger partial charge in [0.2, 0.25) is 0 Å². The van der Waals surface area contributed by atoms with Gasteiger partial charge in [-0.25, -0.2) is 8.91 Å². The summed E-state index contributed by atoms with van der Waals surface area (Å²) < 4.78 is 51.3. The average molecular weight is 460 g/mol. The minimum atomic E-state index is -3.16. The zero-order valence-electron chi connectivity index (χ0n) is 18.3. The Bertz CT molecular complexity index is 1220. The summed E-state index contributed by atoms with van der Waals surface area (Å²) in [6.45, 7) is 0.406. The molecule has 0 unspecified atom stereocenters. The molecule has 2 atom stereocenters. The minimum Gasteiger partial charge on any atom is -0.496 e. The number of carbonyl (C=O) groups is 2. The van der Waals surface area contributed by atoms with E-state index in [0.717, 1.165) is 11.8 Å². The number of ketones is 1. The number of aldehydes is 1. The molecule has 0 aliphatic heterocycles. The van der Waals surface area contributed by atoms with Crippen molar-refractivity contribution in [2.45, 2.75) is 44.9 Å². The molecule has 9 heteroatoms. The number of hydrogen-bond donors (Lipinski definition) is 0. The highest BCUT2D eigenvalue weighted by atomic mass is 19.3. The number of rotatable bonds is 9. The van der Waals surface area contributed by atoms with Gasteiger partial charge in [0.1, 0.15) is 29.5 Å². The van der Waals surface area contributed by atoms with Crippen LogP contribution >= 0.6 is 0 Å². The fraction of sp³-hybridized carbons (Fsp3) is 0.375. The Labute approximate surface area is 188 Å². The molecular formula is C24H23F3N2O4. The molecule has 0 radical (unpaired) electrons. The number of hydrogen-bond acceptors (Lipinski definition) is 5. The number of pyridine rings is 1. The highest BCUT2D eigenvalue weighted by Gasteiger charge is 2.40. The fourth-order valence-corrected chi connectivity index (χ4v) is 3.79. The van der Waals surface area contributed by atoms with Crippen LogP contribution in [-0.4, -0.2) is 41.6 Å². The lowest BCUT2D eigenvalue weighted by Crippen LogP contribution is -2.19. The second-order valence-electron chi connectivity index (χ2n) is 8.71. The van der Waals surface area contributed by atoms with Crippen LogP contribution in [0.15, 0.2) is 36.7 Å². The molecule has 1 aliphatic rings. The SMILES string of the molecule is COc1cc(-c2cnn3cc(C(C)(C)C=O)ccc23)cc(OC(F)F)c1C(=O)C[C@@H]1C[C@@H]1F. The molecule has 6 nitrogen and oxygen atoms in total. The van der Waals surface area contributed by atoms with Crippen LogP contribution in [0, 0.1) is 5.92 Å². The monoisotopic (exact) mass is 460 g/mol. The van der Waals surface area contributed by atoms with Gasteiger partial charge < -0.3 is 14.3 Å². The Balaban J connectivity index is 1.80. The predicted octanol–water partition coefficient (Wildman–Crippen LogP) is 5.02. The van der Waals surface area contributed by atoms with E-state index in [1.165, 1.54) is 13.2 Å². The summed E-state index contributed by atoms with van der Waals surface area (Å²) in [4.78, 5) is 24.2. The van der Waals surface area contributed by atoms with Crippen molar-refractivity contribution in [3.8, 4) is 22.6 Å². The Hall–Kier alpha value is -3.36.